The molecule has 0 spiro atoms. The molecule has 1 aromatic rings. The Kier molecular flexibility index (Phi) is 4.91. The van der Waals surface area contributed by atoms with E-state index in [4.69, 9.17) is 5.73 Å². The number of nitrogens with two attached hydrogens (primary N) is 1. The first-order chi connectivity index (χ1) is 9.84. The molecule has 0 aliphatic carbocycles. The summed E-state index contributed by atoms with van der Waals surface area (Å²) >= 11 is 0. The number of benzene rings is 1. The summed E-state index contributed by atoms with van der Waals surface area (Å²) < 4.78 is 26.2. The van der Waals surface area contributed by atoms with Gasteiger partial charge in [0.2, 0.25) is 10.0 Å². The average Bonchev–Trinajstić information content (AvgIpc) is 2.47. The van der Waals surface area contributed by atoms with E-state index in [9.17, 15) is 8.42 Å². The minimum absolute atomic E-state index is 0.202. The van der Waals surface area contributed by atoms with Crippen LogP contribution in [0.25, 0.3) is 0 Å². The van der Waals surface area contributed by atoms with E-state index in [1.165, 1.54) is 4.31 Å². The van der Waals surface area contributed by atoms with Gasteiger partial charge in [0.25, 0.3) is 0 Å². The van der Waals surface area contributed by atoms with E-state index in [2.05, 4.69) is 4.90 Å². The molecule has 2 rings (SSSR count). The molecular formula is C15H25N3O2S. The third kappa shape index (κ3) is 3.39. The lowest BCUT2D eigenvalue weighted by atomic mass is 9.91. The highest BCUT2D eigenvalue weighted by molar-refractivity contribution is 7.89. The Balaban J connectivity index is 2.27. The van der Waals surface area contributed by atoms with Gasteiger partial charge in [-0.2, -0.15) is 0 Å². The van der Waals surface area contributed by atoms with Crippen LogP contribution in [-0.4, -0.2) is 45.9 Å². The molecule has 1 aliphatic heterocycles. The lowest BCUT2D eigenvalue weighted by molar-refractivity contribution is 0.354. The molecule has 0 amide bonds. The molecule has 0 saturated carbocycles. The van der Waals surface area contributed by atoms with Crippen LogP contribution in [0.4, 0.5) is 5.69 Å². The quantitative estimate of drug-likeness (QED) is 0.915. The van der Waals surface area contributed by atoms with Gasteiger partial charge < -0.3 is 10.6 Å². The van der Waals surface area contributed by atoms with Crippen LogP contribution in [0.15, 0.2) is 29.2 Å². The van der Waals surface area contributed by atoms with E-state index in [-0.39, 0.29) is 6.04 Å². The van der Waals surface area contributed by atoms with Crippen LogP contribution in [0.1, 0.15) is 19.8 Å². The van der Waals surface area contributed by atoms with Crippen molar-refractivity contribution in [2.75, 3.05) is 32.1 Å². The molecule has 0 bridgehead atoms. The Bertz CT molecular complexity index is 576. The maximum Gasteiger partial charge on any atom is 0.244 e. The van der Waals surface area contributed by atoms with E-state index in [1.54, 1.807) is 26.2 Å². The summed E-state index contributed by atoms with van der Waals surface area (Å²) in [6.45, 7) is 3.75. The van der Waals surface area contributed by atoms with Crippen molar-refractivity contribution in [3.8, 4) is 0 Å². The molecule has 2 N–H and O–H groups in total. The van der Waals surface area contributed by atoms with Crippen molar-refractivity contribution in [1.29, 1.82) is 0 Å². The highest BCUT2D eigenvalue weighted by Crippen LogP contribution is 2.30. The predicted molar refractivity (Wildman–Crippen MR) is 85.9 cm³/mol. The van der Waals surface area contributed by atoms with Crippen LogP contribution >= 0.6 is 0 Å². The first-order valence-electron chi connectivity index (χ1n) is 7.36. The van der Waals surface area contributed by atoms with Crippen LogP contribution < -0.4 is 10.6 Å². The van der Waals surface area contributed by atoms with Gasteiger partial charge in [0.15, 0.2) is 0 Å². The molecular weight excluding hydrogens is 286 g/mol. The Morgan fingerprint density at radius 1 is 1.24 bits per heavy atom. The number of rotatable bonds is 4. The van der Waals surface area contributed by atoms with Crippen molar-refractivity contribution in [1.82, 2.24) is 4.31 Å². The monoisotopic (exact) mass is 311 g/mol. The minimum atomic E-state index is -3.42. The summed E-state index contributed by atoms with van der Waals surface area (Å²) in [6.07, 6.45) is 2.02. The standard InChI is InChI=1S/C15H25N3O2S/c1-12(16)13-8-10-18(11-9-13)14-6-4-5-7-15(14)21(19,20)17(2)3/h4-7,12-13H,8-11,16H2,1-3H3. The van der Waals surface area contributed by atoms with E-state index in [1.807, 2.05) is 19.1 Å². The normalized spacial score (nSPS) is 19.0. The molecule has 1 fully saturated rings. The van der Waals surface area contributed by atoms with E-state index in [0.717, 1.165) is 31.6 Å². The number of hydrogen-bond acceptors (Lipinski definition) is 4. The number of hydrogen-bond donors (Lipinski definition) is 1. The summed E-state index contributed by atoms with van der Waals surface area (Å²) in [4.78, 5) is 2.55. The van der Waals surface area contributed by atoms with Crippen LogP contribution in [0.5, 0.6) is 0 Å². The van der Waals surface area contributed by atoms with Crippen LogP contribution in [0, 0.1) is 5.92 Å². The molecule has 118 valence electrons. The number of sulfonamides is 1. The topological polar surface area (TPSA) is 66.6 Å². The maximum absolute atomic E-state index is 12.4. The zero-order valence-corrected chi connectivity index (χ0v) is 13.8. The van der Waals surface area contributed by atoms with Crippen molar-refractivity contribution in [2.24, 2.45) is 11.7 Å². The second kappa shape index (κ2) is 6.34. The van der Waals surface area contributed by atoms with Gasteiger partial charge in [-0.25, -0.2) is 12.7 Å². The third-order valence-electron chi connectivity index (χ3n) is 4.25. The van der Waals surface area contributed by atoms with Crippen molar-refractivity contribution < 1.29 is 8.42 Å². The Morgan fingerprint density at radius 2 is 1.81 bits per heavy atom. The summed E-state index contributed by atoms with van der Waals surface area (Å²) in [5.74, 6) is 0.527. The summed E-state index contributed by atoms with van der Waals surface area (Å²) in [6, 6.07) is 7.44. The first kappa shape index (κ1) is 16.3. The largest absolute Gasteiger partial charge is 0.370 e. The molecule has 0 radical (unpaired) electrons. The van der Waals surface area contributed by atoms with Gasteiger partial charge in [0.1, 0.15) is 4.90 Å². The van der Waals surface area contributed by atoms with Crippen LogP contribution in [0.2, 0.25) is 0 Å². The minimum Gasteiger partial charge on any atom is -0.370 e. The number of piperidine rings is 1. The summed E-state index contributed by atoms with van der Waals surface area (Å²) in [7, 11) is -0.292. The maximum atomic E-state index is 12.4. The lowest BCUT2D eigenvalue weighted by Crippen LogP contribution is -2.40. The SMILES string of the molecule is CC(N)C1CCN(c2ccccc2S(=O)(=O)N(C)C)CC1. The summed E-state index contributed by atoms with van der Waals surface area (Å²) in [5, 5.41) is 0. The number of nitrogens with zero attached hydrogens (tertiary/aromatic N) is 2. The summed E-state index contributed by atoms with van der Waals surface area (Å²) in [5.41, 5.74) is 6.77. The Labute approximate surface area is 127 Å². The smallest absolute Gasteiger partial charge is 0.244 e. The van der Waals surface area contributed by atoms with E-state index >= 15 is 0 Å². The second-order valence-electron chi connectivity index (χ2n) is 5.94. The van der Waals surface area contributed by atoms with Gasteiger partial charge >= 0.3 is 0 Å². The molecule has 5 nitrogen and oxygen atoms in total. The fraction of sp³-hybridized carbons (Fsp3) is 0.600. The number of anilines is 1. The molecule has 1 saturated heterocycles. The van der Waals surface area contributed by atoms with Crippen LogP contribution in [-0.2, 0) is 10.0 Å². The number of para-hydroxylation sites is 1. The molecule has 1 unspecified atom stereocenters. The molecule has 21 heavy (non-hydrogen) atoms. The highest BCUT2D eigenvalue weighted by Gasteiger charge is 2.27. The van der Waals surface area contributed by atoms with Crippen molar-refractivity contribution in [2.45, 2.75) is 30.7 Å². The van der Waals surface area contributed by atoms with E-state index < -0.39 is 10.0 Å². The zero-order valence-electron chi connectivity index (χ0n) is 13.0. The zero-order chi connectivity index (χ0) is 15.6. The third-order valence-corrected chi connectivity index (χ3v) is 6.11. The predicted octanol–water partition coefficient (Wildman–Crippen LogP) is 1.50. The molecule has 1 aliphatic rings. The van der Waals surface area contributed by atoms with Gasteiger partial charge in [-0.05, 0) is 37.8 Å². The lowest BCUT2D eigenvalue weighted by Gasteiger charge is -2.36. The van der Waals surface area contributed by atoms with Gasteiger partial charge in [0, 0.05) is 33.2 Å². The van der Waals surface area contributed by atoms with Crippen molar-refractivity contribution in [3.63, 3.8) is 0 Å². The van der Waals surface area contributed by atoms with Crippen molar-refractivity contribution >= 4 is 15.7 Å². The van der Waals surface area contributed by atoms with Gasteiger partial charge in [0.05, 0.1) is 5.69 Å². The van der Waals surface area contributed by atoms with E-state index in [0.29, 0.717) is 10.8 Å². The Hall–Kier alpha value is -1.11. The van der Waals surface area contributed by atoms with Gasteiger partial charge in [-0.1, -0.05) is 12.1 Å². The molecule has 6 heteroatoms. The fourth-order valence-electron chi connectivity index (χ4n) is 2.80. The molecule has 1 aromatic carbocycles. The van der Waals surface area contributed by atoms with Crippen LogP contribution in [0.3, 0.4) is 0 Å². The molecule has 1 atom stereocenters. The second-order valence-corrected chi connectivity index (χ2v) is 8.06. The van der Waals surface area contributed by atoms with Gasteiger partial charge in [-0.3, -0.25) is 0 Å². The molecule has 0 aromatic heterocycles. The van der Waals surface area contributed by atoms with Gasteiger partial charge in [-0.15, -0.1) is 0 Å². The Morgan fingerprint density at radius 3 is 2.33 bits per heavy atom. The molecule has 1 heterocycles. The first-order valence-corrected chi connectivity index (χ1v) is 8.80. The fourth-order valence-corrected chi connectivity index (χ4v) is 3.90. The highest BCUT2D eigenvalue weighted by atomic mass is 32.2. The average molecular weight is 311 g/mol. The van der Waals surface area contributed by atoms with Crippen molar-refractivity contribution in [3.05, 3.63) is 24.3 Å².